The zero-order valence-electron chi connectivity index (χ0n) is 15.5. The van der Waals surface area contributed by atoms with Gasteiger partial charge in [-0.05, 0) is 0 Å². The summed E-state index contributed by atoms with van der Waals surface area (Å²) in [5.41, 5.74) is 1.37. The predicted octanol–water partition coefficient (Wildman–Crippen LogP) is 6.89. The van der Waals surface area contributed by atoms with Crippen molar-refractivity contribution in [2.45, 2.75) is 6.92 Å². The fourth-order valence-corrected chi connectivity index (χ4v) is 3.32. The second-order valence-electron chi connectivity index (χ2n) is 6.27. The topological polar surface area (TPSA) is 0 Å². The van der Waals surface area contributed by atoms with E-state index >= 15 is 0 Å². The molecule has 0 saturated carbocycles. The third-order valence-corrected chi connectivity index (χ3v) is 4.99. The first-order valence-electron chi connectivity index (χ1n) is 9.06. The van der Waals surface area contributed by atoms with Crippen LogP contribution >= 0.6 is 0 Å². The van der Waals surface area contributed by atoms with Crippen molar-refractivity contribution in [3.63, 3.8) is 0 Å². The first-order valence-corrected chi connectivity index (χ1v) is 10.3. The molecule has 0 N–H and O–H groups in total. The number of hydrogen-bond acceptors (Lipinski definition) is 0. The maximum absolute atomic E-state index is 2.24. The van der Waals surface area contributed by atoms with Crippen LogP contribution in [0.15, 0.2) is 115 Å². The van der Waals surface area contributed by atoms with Crippen molar-refractivity contribution in [1.82, 2.24) is 0 Å². The van der Waals surface area contributed by atoms with E-state index < -0.39 is 0 Å². The van der Waals surface area contributed by atoms with Gasteiger partial charge in [-0.3, -0.25) is 0 Å². The van der Waals surface area contributed by atoms with E-state index in [0.717, 1.165) is 0 Å². The molecule has 0 aliphatic carbocycles. The van der Waals surface area contributed by atoms with Gasteiger partial charge in [0.05, 0.1) is 0 Å². The summed E-state index contributed by atoms with van der Waals surface area (Å²) in [6.07, 6.45) is 0. The van der Waals surface area contributed by atoms with Gasteiger partial charge in [-0.15, -0.1) is 39.7 Å². The molecule has 0 unspecified atom stereocenters. The zero-order chi connectivity index (χ0) is 18.9. The van der Waals surface area contributed by atoms with Crippen molar-refractivity contribution >= 4 is 24.8 Å². The summed E-state index contributed by atoms with van der Waals surface area (Å²) in [6, 6.07) is 39.7. The van der Waals surface area contributed by atoms with Gasteiger partial charge in [-0.2, -0.15) is 18.2 Å². The minimum atomic E-state index is 1.34. The van der Waals surface area contributed by atoms with Crippen LogP contribution in [0, 0.1) is 0 Å². The van der Waals surface area contributed by atoms with Crippen LogP contribution in [-0.2, 0) is 24.2 Å². The molecule has 0 aliphatic rings. The Morgan fingerprint density at radius 1 is 0.630 bits per heavy atom. The summed E-state index contributed by atoms with van der Waals surface area (Å²) >= 11 is 1.51. The molecule has 1 heteroatoms. The van der Waals surface area contributed by atoms with Crippen molar-refractivity contribution < 1.29 is 24.2 Å². The van der Waals surface area contributed by atoms with E-state index in [2.05, 4.69) is 85.8 Å². The Hall–Kier alpha value is -2.37. The average Bonchev–Trinajstić information content (AvgIpc) is 3.41. The minimum Gasteiger partial charge on any atom is -0.214 e. The van der Waals surface area contributed by atoms with Gasteiger partial charge in [0.2, 0.25) is 0 Å². The van der Waals surface area contributed by atoms with Crippen LogP contribution in [-0.4, -0.2) is 3.21 Å². The molecule has 0 aliphatic heterocycles. The molecule has 0 nitrogen and oxygen atoms in total. The zero-order valence-corrected chi connectivity index (χ0v) is 17.9. The predicted molar refractivity (Wildman–Crippen MR) is 115 cm³/mol. The van der Waals surface area contributed by atoms with Gasteiger partial charge in [-0.1, -0.05) is 36.4 Å². The number of fused-ring (bicyclic) bond motifs is 3. The molecule has 0 fully saturated rings. The summed E-state index contributed by atoms with van der Waals surface area (Å²) in [6.45, 7) is 2.16. The SMILES string of the molecule is C[C](=[Zr+2])c1ccccc1.c1cc[cH-]c1.c1ccc2c(c1)[cH-]c1ccccc12. The smallest absolute Gasteiger partial charge is 0.0771 e. The Morgan fingerprint density at radius 2 is 1.11 bits per heavy atom. The molecule has 0 saturated heterocycles. The van der Waals surface area contributed by atoms with Gasteiger partial charge in [0, 0.05) is 0 Å². The summed E-state index contributed by atoms with van der Waals surface area (Å²) < 4.78 is 1.46. The van der Waals surface area contributed by atoms with Crippen LogP contribution < -0.4 is 0 Å². The van der Waals surface area contributed by atoms with Crippen molar-refractivity contribution in [3.05, 3.63) is 121 Å². The Balaban J connectivity index is 0.000000130. The molecule has 0 radical (unpaired) electrons. The number of hydrogen-bond donors (Lipinski definition) is 0. The third kappa shape index (κ3) is 5.55. The summed E-state index contributed by atoms with van der Waals surface area (Å²) in [7, 11) is 0. The van der Waals surface area contributed by atoms with Crippen LogP contribution in [0.25, 0.3) is 21.5 Å². The van der Waals surface area contributed by atoms with E-state index in [9.17, 15) is 0 Å². The fraction of sp³-hybridized carbons (Fsp3) is 0.0385. The molecular weight excluding hydrogens is 404 g/mol. The molecule has 0 bridgehead atoms. The van der Waals surface area contributed by atoms with Crippen LogP contribution in [0.3, 0.4) is 0 Å². The van der Waals surface area contributed by atoms with Crippen LogP contribution in [0.4, 0.5) is 0 Å². The minimum absolute atomic E-state index is 1.34. The molecule has 27 heavy (non-hydrogen) atoms. The molecule has 0 heterocycles. The quantitative estimate of drug-likeness (QED) is 0.256. The second-order valence-corrected chi connectivity index (χ2v) is 8.12. The first-order chi connectivity index (χ1) is 13.3. The van der Waals surface area contributed by atoms with Crippen LogP contribution in [0.1, 0.15) is 12.5 Å². The molecule has 0 aromatic heterocycles. The van der Waals surface area contributed by atoms with Crippen LogP contribution in [0.5, 0.6) is 0 Å². The molecule has 5 aromatic rings. The average molecular weight is 426 g/mol. The Labute approximate surface area is 176 Å². The largest absolute Gasteiger partial charge is 0.214 e. The van der Waals surface area contributed by atoms with Gasteiger partial charge in [0.1, 0.15) is 0 Å². The van der Waals surface area contributed by atoms with Gasteiger partial charge in [0.15, 0.2) is 0 Å². The van der Waals surface area contributed by atoms with Crippen molar-refractivity contribution in [3.8, 4) is 0 Å². The Bertz CT molecular complexity index is 1020. The van der Waals surface area contributed by atoms with Gasteiger partial charge >= 0.3 is 70.3 Å². The summed E-state index contributed by atoms with van der Waals surface area (Å²) in [5, 5.41) is 5.39. The van der Waals surface area contributed by atoms with E-state index in [1.165, 1.54) is 54.5 Å². The monoisotopic (exact) mass is 424 g/mol. The maximum atomic E-state index is 2.24. The molecule has 5 rings (SSSR count). The second kappa shape index (κ2) is 10.1. The Morgan fingerprint density at radius 3 is 1.52 bits per heavy atom. The molecule has 0 spiro atoms. The molecule has 0 amide bonds. The molecular formula is C26H22Zr. The third-order valence-electron chi connectivity index (χ3n) is 4.29. The van der Waals surface area contributed by atoms with E-state index in [1.54, 1.807) is 0 Å². The number of benzene rings is 3. The summed E-state index contributed by atoms with van der Waals surface area (Å²) in [4.78, 5) is 0. The summed E-state index contributed by atoms with van der Waals surface area (Å²) in [5.74, 6) is 0. The van der Waals surface area contributed by atoms with Crippen molar-refractivity contribution in [1.29, 1.82) is 0 Å². The molecule has 0 atom stereocenters. The molecule has 5 aromatic carbocycles. The van der Waals surface area contributed by atoms with Crippen molar-refractivity contribution in [2.24, 2.45) is 0 Å². The number of rotatable bonds is 1. The van der Waals surface area contributed by atoms with Crippen LogP contribution in [0.2, 0.25) is 0 Å². The first kappa shape index (κ1) is 19.4. The van der Waals surface area contributed by atoms with E-state index in [4.69, 9.17) is 0 Å². The van der Waals surface area contributed by atoms with Crippen molar-refractivity contribution in [2.75, 3.05) is 0 Å². The standard InChI is InChI=1S/C13H9.C8H8.C5H5.Zr/c1-3-7-12-10(5-1)9-11-6-2-4-8-13(11)12;1-2-8-6-4-3-5-7-8;1-2-4-5-3-1;/h1-9H;3-7H,1H3;1-5H;/q-1;;-1;+2. The molecule has 130 valence electrons. The van der Waals surface area contributed by atoms with E-state index in [0.29, 0.717) is 0 Å². The normalized spacial score (nSPS) is 9.89. The fourth-order valence-electron chi connectivity index (χ4n) is 2.91. The van der Waals surface area contributed by atoms with Gasteiger partial charge in [-0.25, -0.2) is 12.1 Å². The van der Waals surface area contributed by atoms with Gasteiger partial charge < -0.3 is 0 Å². The van der Waals surface area contributed by atoms with E-state index in [1.807, 2.05) is 36.4 Å². The van der Waals surface area contributed by atoms with E-state index in [-0.39, 0.29) is 0 Å². The van der Waals surface area contributed by atoms with Gasteiger partial charge in [0.25, 0.3) is 0 Å². The maximum Gasteiger partial charge on any atom is -0.0771 e. The Kier molecular flexibility index (Phi) is 7.25.